The van der Waals surface area contributed by atoms with Gasteiger partial charge in [0.25, 0.3) is 0 Å². The fourth-order valence-electron chi connectivity index (χ4n) is 2.66. The van der Waals surface area contributed by atoms with Gasteiger partial charge in [-0.1, -0.05) is 15.9 Å². The van der Waals surface area contributed by atoms with Crippen LogP contribution in [0.2, 0.25) is 0 Å². The van der Waals surface area contributed by atoms with Gasteiger partial charge >= 0.3 is 5.97 Å². The molecule has 0 aliphatic carbocycles. The average Bonchev–Trinajstić information content (AvgIpc) is 2.88. The van der Waals surface area contributed by atoms with Crippen LogP contribution in [0.4, 0.5) is 0 Å². The molecule has 1 N–H and O–H groups in total. The number of methoxy groups -OCH3 is 1. The highest BCUT2D eigenvalue weighted by Crippen LogP contribution is 2.26. The van der Waals surface area contributed by atoms with Crippen molar-refractivity contribution in [1.82, 2.24) is 4.90 Å². The smallest absolute Gasteiger partial charge is 0.305 e. The molecule has 5 nitrogen and oxygen atoms in total. The van der Waals surface area contributed by atoms with Crippen LogP contribution in [0.5, 0.6) is 5.75 Å². The number of carbonyl (C=O) groups excluding carboxylic acids is 1. The number of benzene rings is 1. The lowest BCUT2D eigenvalue weighted by molar-refractivity contribution is -0.139. The summed E-state index contributed by atoms with van der Waals surface area (Å²) in [5.41, 5.74) is 0.848. The van der Waals surface area contributed by atoms with E-state index in [0.29, 0.717) is 12.3 Å². The molecule has 1 aromatic rings. The van der Waals surface area contributed by atoms with E-state index in [9.17, 15) is 9.59 Å². The SMILES string of the molecule is COc1ccc(Br)c(CC(=O)N2CCCC2CC(=O)O)c1. The molecule has 0 saturated carbocycles. The molecule has 114 valence electrons. The van der Waals surface area contributed by atoms with Crippen molar-refractivity contribution in [2.75, 3.05) is 13.7 Å². The van der Waals surface area contributed by atoms with E-state index in [-0.39, 0.29) is 24.8 Å². The minimum atomic E-state index is -0.859. The van der Waals surface area contributed by atoms with Gasteiger partial charge in [0.15, 0.2) is 0 Å². The minimum Gasteiger partial charge on any atom is -0.497 e. The minimum absolute atomic E-state index is 0.0189. The summed E-state index contributed by atoms with van der Waals surface area (Å²) in [6.07, 6.45) is 1.89. The second kappa shape index (κ2) is 6.93. The summed E-state index contributed by atoms with van der Waals surface area (Å²) in [6.45, 7) is 0.637. The number of amides is 1. The number of likely N-dealkylation sites (tertiary alicyclic amines) is 1. The van der Waals surface area contributed by atoms with Crippen molar-refractivity contribution in [3.05, 3.63) is 28.2 Å². The van der Waals surface area contributed by atoms with E-state index < -0.39 is 5.97 Å². The summed E-state index contributed by atoms with van der Waals surface area (Å²) in [7, 11) is 1.58. The van der Waals surface area contributed by atoms with Crippen molar-refractivity contribution in [2.45, 2.75) is 31.7 Å². The Hall–Kier alpha value is -1.56. The summed E-state index contributed by atoms with van der Waals surface area (Å²) in [5, 5.41) is 8.91. The van der Waals surface area contributed by atoms with Gasteiger partial charge in [-0.15, -0.1) is 0 Å². The van der Waals surface area contributed by atoms with Gasteiger partial charge in [-0.3, -0.25) is 9.59 Å². The molecule has 1 saturated heterocycles. The molecule has 6 heteroatoms. The highest BCUT2D eigenvalue weighted by molar-refractivity contribution is 9.10. The van der Waals surface area contributed by atoms with Gasteiger partial charge < -0.3 is 14.7 Å². The first-order valence-corrected chi connectivity index (χ1v) is 7.64. The lowest BCUT2D eigenvalue weighted by atomic mass is 10.1. The van der Waals surface area contributed by atoms with E-state index in [0.717, 1.165) is 22.9 Å². The zero-order valence-electron chi connectivity index (χ0n) is 11.8. The van der Waals surface area contributed by atoms with E-state index in [1.807, 2.05) is 18.2 Å². The molecule has 0 bridgehead atoms. The Morgan fingerprint density at radius 1 is 1.48 bits per heavy atom. The molecular weight excluding hydrogens is 338 g/mol. The Kier molecular flexibility index (Phi) is 5.22. The second-order valence-electron chi connectivity index (χ2n) is 5.12. The number of carboxylic acid groups (broad SMARTS) is 1. The summed E-state index contributed by atoms with van der Waals surface area (Å²) >= 11 is 3.43. The van der Waals surface area contributed by atoms with Crippen molar-refractivity contribution in [1.29, 1.82) is 0 Å². The van der Waals surface area contributed by atoms with Crippen molar-refractivity contribution < 1.29 is 19.4 Å². The molecule has 1 aliphatic rings. The molecule has 1 fully saturated rings. The predicted octanol–water partition coefficient (Wildman–Crippen LogP) is 2.47. The molecular formula is C15H18BrNO4. The molecule has 1 aliphatic heterocycles. The van der Waals surface area contributed by atoms with Gasteiger partial charge in [0, 0.05) is 17.1 Å². The van der Waals surface area contributed by atoms with Crippen LogP contribution in [-0.4, -0.2) is 41.6 Å². The van der Waals surface area contributed by atoms with Gasteiger partial charge in [0.05, 0.1) is 20.0 Å². The Labute approximate surface area is 132 Å². The summed E-state index contributed by atoms with van der Waals surface area (Å²) < 4.78 is 6.02. The average molecular weight is 356 g/mol. The Balaban J connectivity index is 2.08. The summed E-state index contributed by atoms with van der Waals surface area (Å²) in [5.74, 6) is -0.195. The Bertz CT molecular complexity index is 546. The summed E-state index contributed by atoms with van der Waals surface area (Å²) in [4.78, 5) is 25.0. The van der Waals surface area contributed by atoms with Gasteiger partial charge in [-0.25, -0.2) is 0 Å². The standard InChI is InChI=1S/C15H18BrNO4/c1-21-12-4-5-13(16)10(7-12)8-14(18)17-6-2-3-11(17)9-15(19)20/h4-5,7,11H,2-3,6,8-9H2,1H3,(H,19,20). The van der Waals surface area contributed by atoms with E-state index in [4.69, 9.17) is 9.84 Å². The van der Waals surface area contributed by atoms with Crippen molar-refractivity contribution >= 4 is 27.8 Å². The molecule has 1 heterocycles. The molecule has 1 amide bonds. The van der Waals surface area contributed by atoms with Gasteiger partial charge in [0.1, 0.15) is 5.75 Å². The maximum atomic E-state index is 12.4. The van der Waals surface area contributed by atoms with Crippen LogP contribution in [0.15, 0.2) is 22.7 Å². The predicted molar refractivity (Wildman–Crippen MR) is 81.4 cm³/mol. The Morgan fingerprint density at radius 2 is 2.24 bits per heavy atom. The van der Waals surface area contributed by atoms with Crippen LogP contribution < -0.4 is 4.74 Å². The highest BCUT2D eigenvalue weighted by Gasteiger charge is 2.30. The van der Waals surface area contributed by atoms with E-state index in [2.05, 4.69) is 15.9 Å². The van der Waals surface area contributed by atoms with E-state index in [1.54, 1.807) is 12.0 Å². The Morgan fingerprint density at radius 3 is 2.90 bits per heavy atom. The third-order valence-corrected chi connectivity index (χ3v) is 4.48. The van der Waals surface area contributed by atoms with Gasteiger partial charge in [0.2, 0.25) is 5.91 Å². The molecule has 0 radical (unpaired) electrons. The molecule has 0 aromatic heterocycles. The second-order valence-corrected chi connectivity index (χ2v) is 5.97. The lowest BCUT2D eigenvalue weighted by Crippen LogP contribution is -2.37. The number of halogens is 1. The van der Waals surface area contributed by atoms with Crippen LogP contribution in [0.1, 0.15) is 24.8 Å². The number of ether oxygens (including phenoxy) is 1. The fraction of sp³-hybridized carbons (Fsp3) is 0.467. The van der Waals surface area contributed by atoms with Crippen LogP contribution in [-0.2, 0) is 16.0 Å². The van der Waals surface area contributed by atoms with Gasteiger partial charge in [-0.2, -0.15) is 0 Å². The molecule has 2 rings (SSSR count). The van der Waals surface area contributed by atoms with Crippen LogP contribution in [0.25, 0.3) is 0 Å². The molecule has 1 aromatic carbocycles. The quantitative estimate of drug-likeness (QED) is 0.880. The zero-order valence-corrected chi connectivity index (χ0v) is 13.4. The number of nitrogens with zero attached hydrogens (tertiary/aromatic N) is 1. The van der Waals surface area contributed by atoms with Crippen molar-refractivity contribution in [2.24, 2.45) is 0 Å². The van der Waals surface area contributed by atoms with Crippen LogP contribution >= 0.6 is 15.9 Å². The zero-order chi connectivity index (χ0) is 15.4. The largest absolute Gasteiger partial charge is 0.497 e. The molecule has 0 spiro atoms. The highest BCUT2D eigenvalue weighted by atomic mass is 79.9. The first-order valence-electron chi connectivity index (χ1n) is 6.85. The number of carbonyl (C=O) groups is 2. The normalized spacial score (nSPS) is 17.8. The maximum Gasteiger partial charge on any atom is 0.305 e. The number of aliphatic carboxylic acids is 1. The van der Waals surface area contributed by atoms with E-state index >= 15 is 0 Å². The number of carboxylic acids is 1. The van der Waals surface area contributed by atoms with E-state index in [1.165, 1.54) is 0 Å². The number of hydrogen-bond donors (Lipinski definition) is 1. The maximum absolute atomic E-state index is 12.4. The topological polar surface area (TPSA) is 66.8 Å². The monoisotopic (exact) mass is 355 g/mol. The third-order valence-electron chi connectivity index (χ3n) is 3.70. The lowest BCUT2D eigenvalue weighted by Gasteiger charge is -2.23. The molecule has 1 atom stereocenters. The first-order chi connectivity index (χ1) is 10.0. The fourth-order valence-corrected chi connectivity index (χ4v) is 3.04. The van der Waals surface area contributed by atoms with Crippen molar-refractivity contribution in [3.63, 3.8) is 0 Å². The van der Waals surface area contributed by atoms with Crippen LogP contribution in [0, 0.1) is 0 Å². The number of hydrogen-bond acceptors (Lipinski definition) is 3. The number of rotatable bonds is 5. The van der Waals surface area contributed by atoms with Gasteiger partial charge in [-0.05, 0) is 36.6 Å². The molecule has 21 heavy (non-hydrogen) atoms. The first kappa shape index (κ1) is 15.8. The third kappa shape index (κ3) is 3.97. The van der Waals surface area contributed by atoms with Crippen molar-refractivity contribution in [3.8, 4) is 5.75 Å². The molecule has 1 unspecified atom stereocenters. The summed E-state index contributed by atoms with van der Waals surface area (Å²) in [6, 6.07) is 5.31. The van der Waals surface area contributed by atoms with Crippen LogP contribution in [0.3, 0.4) is 0 Å².